The Hall–Kier alpha value is -4.31. The number of ether oxygens (including phenoxy) is 3. The molecule has 63 heavy (non-hydrogen) atoms. The highest BCUT2D eigenvalue weighted by molar-refractivity contribution is 7.14. The summed E-state index contributed by atoms with van der Waals surface area (Å²) in [6, 6.07) is 13.6. The van der Waals surface area contributed by atoms with E-state index < -0.39 is 41.8 Å². The standard InChI is InChI=1S/C48H65BN4O9S/c1-45(2,3)59-42(55)39-32(27-53(10)21-15-16-22-53)20-19-31(41(39)57-11)23-34(49-61-38-25-33-24-37(47(33,7)8)48(38,9)62-49)26-36(54)40(52-58-28-30-17-13-12-14-18-30)35-29-63-43(50-35)51-44(56)60-46(4,5)6/h12-14,17-20,29,33-34,37-38H,15-16,21-28H2,1-11H3/p+1/b52-40-/t33-,34+,37-,38?,48-/m0/s1. The predicted molar refractivity (Wildman–Crippen MR) is 244 cm³/mol. The fourth-order valence-corrected chi connectivity index (χ4v) is 10.9. The number of aromatic nitrogens is 1. The van der Waals surface area contributed by atoms with E-state index >= 15 is 0 Å². The van der Waals surface area contributed by atoms with Crippen LogP contribution in [0.3, 0.4) is 0 Å². The number of carbonyl (C=O) groups is 3. The first-order chi connectivity index (χ1) is 29.6. The van der Waals surface area contributed by atoms with Crippen LogP contribution in [0.15, 0.2) is 53.0 Å². The number of anilines is 1. The molecule has 2 bridgehead atoms. The fraction of sp³-hybridized carbons (Fsp3) is 0.604. The van der Waals surface area contributed by atoms with E-state index in [-0.39, 0.29) is 53.3 Å². The molecule has 3 saturated carbocycles. The van der Waals surface area contributed by atoms with Gasteiger partial charge in [-0.15, -0.1) is 11.3 Å². The van der Waals surface area contributed by atoms with Gasteiger partial charge in [0.2, 0.25) is 0 Å². The molecule has 1 amide bonds. The molecule has 2 aromatic carbocycles. The number of ketones is 1. The molecule has 0 spiro atoms. The molecule has 1 unspecified atom stereocenters. The molecular formula is C48H66BN4O9S+. The highest BCUT2D eigenvalue weighted by Gasteiger charge is 2.68. The summed E-state index contributed by atoms with van der Waals surface area (Å²) in [7, 11) is 3.06. The highest BCUT2D eigenvalue weighted by Crippen LogP contribution is 2.66. The predicted octanol–water partition coefficient (Wildman–Crippen LogP) is 9.42. The monoisotopic (exact) mass is 885 g/mol. The van der Waals surface area contributed by atoms with Crippen molar-refractivity contribution in [1.82, 2.24) is 4.98 Å². The molecule has 3 aromatic rings. The summed E-state index contributed by atoms with van der Waals surface area (Å²) in [6.45, 7) is 20.5. The van der Waals surface area contributed by atoms with Gasteiger partial charge in [-0.2, -0.15) is 0 Å². The summed E-state index contributed by atoms with van der Waals surface area (Å²) in [6.07, 6.45) is 3.64. The molecule has 5 atom stereocenters. The van der Waals surface area contributed by atoms with E-state index in [1.54, 1.807) is 33.3 Å². The van der Waals surface area contributed by atoms with Gasteiger partial charge in [-0.1, -0.05) is 61.5 Å². The Kier molecular flexibility index (Phi) is 13.3. The fourth-order valence-electron chi connectivity index (χ4n) is 10.2. The van der Waals surface area contributed by atoms with Crippen LogP contribution in [-0.2, 0) is 48.0 Å². The van der Waals surface area contributed by atoms with Crippen LogP contribution in [-0.4, -0.2) is 90.3 Å². The van der Waals surface area contributed by atoms with Gasteiger partial charge in [-0.05, 0) is 96.1 Å². The third kappa shape index (κ3) is 10.5. The lowest BCUT2D eigenvalue weighted by molar-refractivity contribution is -0.910. The van der Waals surface area contributed by atoms with Crippen LogP contribution in [0.25, 0.3) is 0 Å². The second kappa shape index (κ2) is 17.9. The second-order valence-electron chi connectivity index (χ2n) is 21.0. The topological polar surface area (TPSA) is 144 Å². The van der Waals surface area contributed by atoms with E-state index in [0.717, 1.165) is 71.3 Å². The SMILES string of the molecule is COc1c(C[C@H](CC(=O)/C(=N\OCc2ccccc2)c2csc(NC(=O)OC(C)(C)C)n2)B2OC3C[C@@H]4C[C@@H](C4(C)C)[C@]3(C)O2)ccc(C[N+]2(C)CCCC2)c1C(=O)OC(C)(C)C. The summed E-state index contributed by atoms with van der Waals surface area (Å²) in [5, 5.41) is 9.00. The number of esters is 1. The van der Waals surface area contributed by atoms with Gasteiger partial charge in [-0.3, -0.25) is 10.1 Å². The van der Waals surface area contributed by atoms with E-state index in [2.05, 4.69) is 43.3 Å². The van der Waals surface area contributed by atoms with E-state index in [1.165, 1.54) is 0 Å². The van der Waals surface area contributed by atoms with Crippen LogP contribution in [0, 0.1) is 17.3 Å². The average Bonchev–Trinajstić information content (AvgIpc) is 3.93. The number of nitrogens with one attached hydrogen (secondary N) is 1. The molecular weight excluding hydrogens is 819 g/mol. The highest BCUT2D eigenvalue weighted by atomic mass is 32.1. The number of Topliss-reactive ketones (excluding diaryl/α,β-unsaturated/α-hetero) is 1. The number of oxime groups is 1. The van der Waals surface area contributed by atoms with Gasteiger partial charge >= 0.3 is 19.2 Å². The summed E-state index contributed by atoms with van der Waals surface area (Å²) >= 11 is 1.15. The minimum absolute atomic E-state index is 0.00577. The van der Waals surface area contributed by atoms with Crippen molar-refractivity contribution in [3.05, 3.63) is 75.8 Å². The second-order valence-corrected chi connectivity index (χ2v) is 21.9. The molecule has 2 aliphatic heterocycles. The van der Waals surface area contributed by atoms with Crippen molar-refractivity contribution in [2.45, 2.75) is 143 Å². The number of nitrogens with zero attached hydrogens (tertiary/aromatic N) is 3. The lowest BCUT2D eigenvalue weighted by Crippen LogP contribution is -2.65. The Labute approximate surface area is 377 Å². The zero-order valence-corrected chi connectivity index (χ0v) is 39.8. The number of hydrogen-bond acceptors (Lipinski definition) is 12. The number of rotatable bonds is 15. The van der Waals surface area contributed by atoms with Gasteiger partial charge in [0.25, 0.3) is 0 Å². The number of methoxy groups -OCH3 is 1. The van der Waals surface area contributed by atoms with Crippen LogP contribution in [0.4, 0.5) is 9.93 Å². The number of likely N-dealkylation sites (tertiary alicyclic amines) is 1. The average molecular weight is 886 g/mol. The van der Waals surface area contributed by atoms with Crippen molar-refractivity contribution in [2.75, 3.05) is 32.6 Å². The summed E-state index contributed by atoms with van der Waals surface area (Å²) < 4.78 is 32.5. The molecule has 5 fully saturated rings. The first-order valence-electron chi connectivity index (χ1n) is 22.4. The smallest absolute Gasteiger partial charge is 0.461 e. The molecule has 2 saturated heterocycles. The van der Waals surface area contributed by atoms with Gasteiger partial charge < -0.3 is 32.8 Å². The lowest BCUT2D eigenvalue weighted by atomic mass is 9.43. The van der Waals surface area contributed by atoms with Gasteiger partial charge in [0, 0.05) is 36.0 Å². The van der Waals surface area contributed by atoms with Crippen LogP contribution in [0.2, 0.25) is 5.82 Å². The first kappa shape index (κ1) is 46.7. The molecule has 3 aliphatic carbocycles. The normalized spacial score (nSPS) is 24.2. The van der Waals surface area contributed by atoms with Crippen molar-refractivity contribution < 1.29 is 47.2 Å². The first-order valence-corrected chi connectivity index (χ1v) is 23.3. The van der Waals surface area contributed by atoms with Crippen molar-refractivity contribution in [2.24, 2.45) is 22.4 Å². The molecule has 1 N–H and O–H groups in total. The number of hydrogen-bond donors (Lipinski definition) is 1. The van der Waals surface area contributed by atoms with E-state index in [0.29, 0.717) is 29.7 Å². The molecule has 13 nitrogen and oxygen atoms in total. The number of thiazole rings is 1. The number of benzene rings is 2. The molecule has 0 radical (unpaired) electrons. The van der Waals surface area contributed by atoms with E-state index in [9.17, 15) is 14.4 Å². The number of quaternary nitrogens is 1. The molecule has 5 aliphatic rings. The molecule has 1 aromatic heterocycles. The van der Waals surface area contributed by atoms with Crippen LogP contribution in [0.1, 0.15) is 127 Å². The Bertz CT molecular complexity index is 2190. The van der Waals surface area contributed by atoms with Gasteiger partial charge in [-0.25, -0.2) is 14.6 Å². The van der Waals surface area contributed by atoms with E-state index in [1.807, 2.05) is 63.2 Å². The van der Waals surface area contributed by atoms with Crippen LogP contribution >= 0.6 is 11.3 Å². The van der Waals surface area contributed by atoms with Crippen LogP contribution < -0.4 is 10.1 Å². The Morgan fingerprint density at radius 3 is 2.32 bits per heavy atom. The van der Waals surface area contributed by atoms with Gasteiger partial charge in [0.15, 0.2) is 16.6 Å². The summed E-state index contributed by atoms with van der Waals surface area (Å²) in [5.74, 6) is -0.103. The largest absolute Gasteiger partial charge is 0.496 e. The zero-order valence-electron chi connectivity index (χ0n) is 39.0. The van der Waals surface area contributed by atoms with Crippen LogP contribution in [0.5, 0.6) is 5.75 Å². The van der Waals surface area contributed by atoms with Crippen molar-refractivity contribution in [3.8, 4) is 5.75 Å². The molecule has 8 rings (SSSR count). The molecule has 340 valence electrons. The Morgan fingerprint density at radius 2 is 1.67 bits per heavy atom. The van der Waals surface area contributed by atoms with Crippen molar-refractivity contribution >= 4 is 47.1 Å². The zero-order chi connectivity index (χ0) is 45.5. The third-order valence-corrected chi connectivity index (χ3v) is 14.2. The molecule has 3 heterocycles. The lowest BCUT2D eigenvalue weighted by Gasteiger charge is -2.64. The van der Waals surface area contributed by atoms with E-state index in [4.69, 9.17) is 28.4 Å². The van der Waals surface area contributed by atoms with Gasteiger partial charge in [0.1, 0.15) is 41.4 Å². The van der Waals surface area contributed by atoms with Crippen molar-refractivity contribution in [3.63, 3.8) is 0 Å². The molecule has 15 heteroatoms. The minimum atomic E-state index is -0.756. The van der Waals surface area contributed by atoms with Gasteiger partial charge in [0.05, 0.1) is 39.0 Å². The summed E-state index contributed by atoms with van der Waals surface area (Å²) in [5.41, 5.74) is 1.22. The third-order valence-electron chi connectivity index (χ3n) is 13.5. The number of carbonyl (C=O) groups excluding carboxylic acids is 3. The quantitative estimate of drug-likeness (QED) is 0.0516. The Balaban J connectivity index is 1.25. The minimum Gasteiger partial charge on any atom is -0.496 e. The maximum Gasteiger partial charge on any atom is 0.461 e. The maximum atomic E-state index is 14.9. The maximum absolute atomic E-state index is 14.9. The Morgan fingerprint density at radius 1 is 0.984 bits per heavy atom. The van der Waals surface area contributed by atoms with Crippen molar-refractivity contribution in [1.29, 1.82) is 0 Å². The number of amides is 1. The summed E-state index contributed by atoms with van der Waals surface area (Å²) in [4.78, 5) is 52.3.